The molecule has 0 unspecified atom stereocenters. The molecule has 3 rings (SSSR count). The van der Waals surface area contributed by atoms with Gasteiger partial charge in [-0.3, -0.25) is 4.79 Å². The van der Waals surface area contributed by atoms with Crippen LogP contribution >= 0.6 is 0 Å². The molecule has 0 fully saturated rings. The number of carbonyl (C=O) groups excluding carboxylic acids is 2. The molecule has 6 heteroatoms. The number of esters is 1. The van der Waals surface area contributed by atoms with Gasteiger partial charge in [-0.2, -0.15) is 0 Å². The van der Waals surface area contributed by atoms with Gasteiger partial charge in [0.2, 0.25) is 0 Å². The van der Waals surface area contributed by atoms with Crippen molar-refractivity contribution in [2.24, 2.45) is 0 Å². The van der Waals surface area contributed by atoms with Crippen molar-refractivity contribution in [1.29, 1.82) is 0 Å². The second-order valence-electron chi connectivity index (χ2n) is 5.58. The quantitative estimate of drug-likeness (QED) is 0.372. The van der Waals surface area contributed by atoms with Crippen LogP contribution in [0.2, 0.25) is 0 Å². The fraction of sp³-hybridized carbons (Fsp3) is 0.0476. The highest BCUT2D eigenvalue weighted by atomic mass is 19.1. The van der Waals surface area contributed by atoms with Crippen molar-refractivity contribution in [3.63, 3.8) is 0 Å². The number of benzene rings is 3. The number of ether oxygens (including phenoxy) is 2. The van der Waals surface area contributed by atoms with Gasteiger partial charge in [-0.15, -0.1) is 0 Å². The molecule has 0 N–H and O–H groups in total. The van der Waals surface area contributed by atoms with Crippen molar-refractivity contribution in [2.75, 3.05) is 6.61 Å². The van der Waals surface area contributed by atoms with Gasteiger partial charge in [0.15, 0.2) is 12.4 Å². The van der Waals surface area contributed by atoms with Crippen LogP contribution < -0.4 is 9.47 Å². The maximum Gasteiger partial charge on any atom is 0.349 e. The van der Waals surface area contributed by atoms with E-state index in [4.69, 9.17) is 9.47 Å². The number of hydrogen-bond donors (Lipinski definition) is 0. The van der Waals surface area contributed by atoms with Gasteiger partial charge in [-0.25, -0.2) is 13.6 Å². The van der Waals surface area contributed by atoms with Crippen LogP contribution in [0.1, 0.15) is 15.9 Å². The summed E-state index contributed by atoms with van der Waals surface area (Å²) < 4.78 is 36.2. The summed E-state index contributed by atoms with van der Waals surface area (Å²) in [5.74, 6) is -1.39. The molecule has 0 aliphatic rings. The third kappa shape index (κ3) is 4.98. The Morgan fingerprint density at radius 2 is 1.37 bits per heavy atom. The summed E-state index contributed by atoms with van der Waals surface area (Å²) in [7, 11) is 0. The van der Waals surface area contributed by atoms with Crippen molar-refractivity contribution < 1.29 is 27.8 Å². The van der Waals surface area contributed by atoms with Crippen LogP contribution in [0.5, 0.6) is 11.5 Å². The van der Waals surface area contributed by atoms with Gasteiger partial charge in [0.25, 0.3) is 0 Å². The van der Waals surface area contributed by atoms with Gasteiger partial charge >= 0.3 is 5.97 Å². The summed E-state index contributed by atoms with van der Waals surface area (Å²) in [6.07, 6.45) is 0. The lowest BCUT2D eigenvalue weighted by atomic mass is 10.0. The van der Waals surface area contributed by atoms with E-state index in [1.807, 2.05) is 0 Å². The lowest BCUT2D eigenvalue weighted by Gasteiger charge is -2.07. The van der Waals surface area contributed by atoms with E-state index < -0.39 is 17.6 Å². The Hall–Kier alpha value is -3.54. The Bertz CT molecular complexity index is 951. The predicted molar refractivity (Wildman–Crippen MR) is 93.8 cm³/mol. The van der Waals surface area contributed by atoms with Crippen LogP contribution in [0.3, 0.4) is 0 Å². The number of rotatable bonds is 6. The Balaban J connectivity index is 1.57. The fourth-order valence-electron chi connectivity index (χ4n) is 2.30. The molecule has 0 spiro atoms. The smallest absolute Gasteiger partial charge is 0.349 e. The van der Waals surface area contributed by atoms with E-state index in [1.54, 1.807) is 0 Å². The number of carbonyl (C=O) groups is 2. The summed E-state index contributed by atoms with van der Waals surface area (Å²) in [6.45, 7) is -0.389. The number of ketones is 1. The van der Waals surface area contributed by atoms with E-state index >= 15 is 0 Å². The first kappa shape index (κ1) is 18.3. The molecule has 0 radical (unpaired) electrons. The summed E-state index contributed by atoms with van der Waals surface area (Å²) >= 11 is 0. The van der Waals surface area contributed by atoms with Gasteiger partial charge < -0.3 is 9.47 Å². The summed E-state index contributed by atoms with van der Waals surface area (Å²) in [6, 6.07) is 16.6. The molecule has 0 aromatic heterocycles. The van der Waals surface area contributed by atoms with Crippen LogP contribution in [0.4, 0.5) is 8.78 Å². The van der Waals surface area contributed by atoms with Crippen molar-refractivity contribution in [3.05, 3.63) is 95.6 Å². The molecule has 0 aliphatic heterocycles. The third-order valence-electron chi connectivity index (χ3n) is 3.61. The molecule has 0 bridgehead atoms. The zero-order valence-corrected chi connectivity index (χ0v) is 14.0. The number of hydrogen-bond acceptors (Lipinski definition) is 4. The lowest BCUT2D eigenvalue weighted by molar-refractivity contribution is -0.136. The molecular formula is C21H14F2O4. The van der Waals surface area contributed by atoms with Crippen LogP contribution in [0, 0.1) is 11.6 Å². The van der Waals surface area contributed by atoms with Crippen LogP contribution in [-0.4, -0.2) is 18.4 Å². The molecule has 136 valence electrons. The first-order chi connectivity index (χ1) is 13.0. The first-order valence-electron chi connectivity index (χ1n) is 8.00. The summed E-state index contributed by atoms with van der Waals surface area (Å²) in [5.41, 5.74) is 0.724. The van der Waals surface area contributed by atoms with Gasteiger partial charge in [-0.1, -0.05) is 6.07 Å². The highest BCUT2D eigenvalue weighted by Gasteiger charge is 2.11. The topological polar surface area (TPSA) is 52.6 Å². The molecular weight excluding hydrogens is 354 g/mol. The van der Waals surface area contributed by atoms with Crippen molar-refractivity contribution >= 4 is 11.8 Å². The summed E-state index contributed by atoms with van der Waals surface area (Å²) in [5, 5.41) is 0. The third-order valence-corrected chi connectivity index (χ3v) is 3.61. The Labute approximate surface area is 154 Å². The minimum absolute atomic E-state index is 0.215. The SMILES string of the molecule is O=C(COc1cccc(F)c1)Oc1ccc(C(=O)c2ccc(F)cc2)cc1. The van der Waals surface area contributed by atoms with Crippen LogP contribution in [0.15, 0.2) is 72.8 Å². The average Bonchev–Trinajstić information content (AvgIpc) is 2.67. The van der Waals surface area contributed by atoms with Crippen molar-refractivity contribution in [1.82, 2.24) is 0 Å². The monoisotopic (exact) mass is 368 g/mol. The standard InChI is InChI=1S/C21H14F2O4/c22-16-8-4-14(5-9-16)21(25)15-6-10-18(11-7-15)27-20(24)13-26-19-3-1-2-17(23)12-19/h1-12H,13H2. The molecule has 4 nitrogen and oxygen atoms in total. The predicted octanol–water partition coefficient (Wildman–Crippen LogP) is 4.18. The Morgan fingerprint density at radius 3 is 2.00 bits per heavy atom. The van der Waals surface area contributed by atoms with E-state index in [-0.39, 0.29) is 23.9 Å². The maximum atomic E-state index is 13.0. The molecule has 0 aliphatic carbocycles. The lowest BCUT2D eigenvalue weighted by Crippen LogP contribution is -2.17. The molecule has 0 heterocycles. The molecule has 0 amide bonds. The number of halogens is 2. The van der Waals surface area contributed by atoms with E-state index in [0.717, 1.165) is 6.07 Å². The van der Waals surface area contributed by atoms with E-state index in [9.17, 15) is 18.4 Å². The molecule has 3 aromatic carbocycles. The van der Waals surface area contributed by atoms with Crippen molar-refractivity contribution in [3.8, 4) is 11.5 Å². The normalized spacial score (nSPS) is 10.3. The molecule has 27 heavy (non-hydrogen) atoms. The van der Waals surface area contributed by atoms with Gasteiger partial charge in [0.05, 0.1) is 0 Å². The minimum atomic E-state index is -0.670. The Kier molecular flexibility index (Phi) is 5.56. The second kappa shape index (κ2) is 8.23. The average molecular weight is 368 g/mol. The Morgan fingerprint density at radius 1 is 0.741 bits per heavy atom. The summed E-state index contributed by atoms with van der Waals surface area (Å²) in [4.78, 5) is 24.1. The van der Waals surface area contributed by atoms with E-state index in [0.29, 0.717) is 11.1 Å². The highest BCUT2D eigenvalue weighted by Crippen LogP contribution is 2.17. The molecule has 0 saturated carbocycles. The maximum absolute atomic E-state index is 13.0. The highest BCUT2D eigenvalue weighted by molar-refractivity contribution is 6.09. The minimum Gasteiger partial charge on any atom is -0.482 e. The van der Waals surface area contributed by atoms with Gasteiger partial charge in [-0.05, 0) is 60.7 Å². The molecule has 0 saturated heterocycles. The zero-order chi connectivity index (χ0) is 19.2. The largest absolute Gasteiger partial charge is 0.482 e. The fourth-order valence-corrected chi connectivity index (χ4v) is 2.30. The molecule has 3 aromatic rings. The zero-order valence-electron chi connectivity index (χ0n) is 14.0. The first-order valence-corrected chi connectivity index (χ1v) is 8.00. The van der Waals surface area contributed by atoms with Crippen LogP contribution in [0.25, 0.3) is 0 Å². The van der Waals surface area contributed by atoms with Crippen molar-refractivity contribution in [2.45, 2.75) is 0 Å². The van der Waals surface area contributed by atoms with E-state index in [1.165, 1.54) is 66.7 Å². The van der Waals surface area contributed by atoms with Gasteiger partial charge in [0.1, 0.15) is 23.1 Å². The molecule has 0 atom stereocenters. The second-order valence-corrected chi connectivity index (χ2v) is 5.58. The van der Waals surface area contributed by atoms with E-state index in [2.05, 4.69) is 0 Å². The van der Waals surface area contributed by atoms with Crippen LogP contribution in [-0.2, 0) is 4.79 Å². The van der Waals surface area contributed by atoms with Gasteiger partial charge in [0, 0.05) is 17.2 Å².